The van der Waals surface area contributed by atoms with Crippen LogP contribution < -0.4 is 0 Å². The van der Waals surface area contributed by atoms with Gasteiger partial charge in [-0.25, -0.2) is 5.01 Å². The van der Waals surface area contributed by atoms with Gasteiger partial charge in [0, 0.05) is 28.1 Å². The second kappa shape index (κ2) is 8.42. The highest BCUT2D eigenvalue weighted by Crippen LogP contribution is 2.37. The summed E-state index contributed by atoms with van der Waals surface area (Å²) in [5, 5.41) is 7.49. The average Bonchev–Trinajstić information content (AvgIpc) is 3.07. The van der Waals surface area contributed by atoms with E-state index in [0.29, 0.717) is 16.5 Å². The maximum absolute atomic E-state index is 13.0. The number of amides is 1. The first-order valence-corrected chi connectivity index (χ1v) is 9.73. The number of hydrogen-bond donors (Lipinski definition) is 0. The number of nitrogens with zero attached hydrogens (tertiary/aromatic N) is 3. The Balaban J connectivity index is 1.96. The first kappa shape index (κ1) is 19.9. The minimum Gasteiger partial charge on any atom is -0.295 e. The van der Waals surface area contributed by atoms with E-state index < -0.39 is 0 Å². The molecule has 6 heteroatoms. The second-order valence-electron chi connectivity index (χ2n) is 7.02. The monoisotopic (exact) mass is 403 g/mol. The number of carbonyl (C=O) groups excluding carboxylic acids is 1. The second-order valence-corrected chi connectivity index (χ2v) is 7.83. The molecule has 0 saturated heterocycles. The van der Waals surface area contributed by atoms with Crippen LogP contribution in [0.1, 0.15) is 37.4 Å². The quantitative estimate of drug-likeness (QED) is 0.702. The predicted molar refractivity (Wildman–Crippen MR) is 111 cm³/mol. The summed E-state index contributed by atoms with van der Waals surface area (Å²) < 4.78 is 0. The molecule has 0 spiro atoms. The molecule has 27 heavy (non-hydrogen) atoms. The Morgan fingerprint density at radius 3 is 2.41 bits per heavy atom. The number of rotatable bonds is 5. The lowest BCUT2D eigenvalue weighted by Gasteiger charge is -2.26. The lowest BCUT2D eigenvalue weighted by atomic mass is 9.98. The van der Waals surface area contributed by atoms with Crippen LogP contribution in [0.15, 0.2) is 53.6 Å². The molecule has 4 nitrogen and oxygen atoms in total. The van der Waals surface area contributed by atoms with Crippen molar-refractivity contribution in [3.63, 3.8) is 0 Å². The van der Waals surface area contributed by atoms with E-state index in [1.54, 1.807) is 5.01 Å². The largest absolute Gasteiger partial charge is 0.295 e. The van der Waals surface area contributed by atoms with Gasteiger partial charge in [-0.3, -0.25) is 9.69 Å². The van der Waals surface area contributed by atoms with Crippen molar-refractivity contribution in [2.75, 3.05) is 13.6 Å². The molecule has 2 aromatic rings. The smallest absolute Gasteiger partial charge is 0.257 e. The molecule has 1 aliphatic rings. The molecule has 0 unspecified atom stereocenters. The van der Waals surface area contributed by atoms with Gasteiger partial charge in [0.1, 0.15) is 0 Å². The molecule has 0 aromatic heterocycles. The summed E-state index contributed by atoms with van der Waals surface area (Å²) >= 11 is 12.8. The van der Waals surface area contributed by atoms with Crippen molar-refractivity contribution in [1.82, 2.24) is 9.91 Å². The normalized spacial score (nSPS) is 16.9. The molecular weight excluding hydrogens is 381 g/mol. The van der Waals surface area contributed by atoms with Gasteiger partial charge in [-0.2, -0.15) is 5.10 Å². The van der Waals surface area contributed by atoms with Gasteiger partial charge in [-0.05, 0) is 38.6 Å². The highest BCUT2D eigenvalue weighted by molar-refractivity contribution is 6.34. The Hall–Kier alpha value is -1.88. The Morgan fingerprint density at radius 1 is 1.15 bits per heavy atom. The molecule has 0 saturated carbocycles. The zero-order chi connectivity index (χ0) is 19.6. The molecule has 0 fully saturated rings. The number of halogens is 2. The molecule has 0 aliphatic carbocycles. The Labute approximate surface area is 170 Å². The Bertz CT molecular complexity index is 866. The van der Waals surface area contributed by atoms with Crippen LogP contribution in [0.5, 0.6) is 0 Å². The molecule has 0 radical (unpaired) electrons. The fourth-order valence-corrected chi connectivity index (χ4v) is 3.56. The number of hydrazone groups is 1. The molecular formula is C21H23Cl2N3O. The Morgan fingerprint density at radius 2 is 1.78 bits per heavy atom. The van der Waals surface area contributed by atoms with Crippen LogP contribution in [0.2, 0.25) is 10.0 Å². The van der Waals surface area contributed by atoms with Crippen LogP contribution in [0, 0.1) is 0 Å². The van der Waals surface area contributed by atoms with Crippen LogP contribution >= 0.6 is 23.2 Å². The van der Waals surface area contributed by atoms with Crippen molar-refractivity contribution in [2.24, 2.45) is 5.10 Å². The first-order chi connectivity index (χ1) is 12.9. The molecule has 1 heterocycles. The molecule has 0 N–H and O–H groups in total. The van der Waals surface area contributed by atoms with Crippen molar-refractivity contribution in [3.8, 4) is 0 Å². The van der Waals surface area contributed by atoms with Crippen LogP contribution in [0.4, 0.5) is 0 Å². The minimum atomic E-state index is -0.238. The van der Waals surface area contributed by atoms with E-state index in [1.807, 2.05) is 60.5 Å². The van der Waals surface area contributed by atoms with Gasteiger partial charge in [0.05, 0.1) is 18.3 Å². The van der Waals surface area contributed by atoms with Crippen molar-refractivity contribution in [3.05, 3.63) is 69.7 Å². The lowest BCUT2D eigenvalue weighted by Crippen LogP contribution is -2.39. The topological polar surface area (TPSA) is 35.9 Å². The maximum Gasteiger partial charge on any atom is 0.257 e. The number of likely N-dealkylation sites (N-methyl/N-ethyl adjacent to an activating group) is 1. The summed E-state index contributed by atoms with van der Waals surface area (Å²) in [6.07, 6.45) is 0.574. The van der Waals surface area contributed by atoms with Gasteiger partial charge in [0.25, 0.3) is 5.91 Å². The van der Waals surface area contributed by atoms with Crippen molar-refractivity contribution in [1.29, 1.82) is 0 Å². The summed E-state index contributed by atoms with van der Waals surface area (Å²) in [4.78, 5) is 15.0. The predicted octanol–water partition coefficient (Wildman–Crippen LogP) is 5.01. The van der Waals surface area contributed by atoms with Gasteiger partial charge in [0.15, 0.2) is 0 Å². The fraction of sp³-hybridized carbons (Fsp3) is 0.333. The summed E-state index contributed by atoms with van der Waals surface area (Å²) in [5.74, 6) is -0.0572. The highest BCUT2D eigenvalue weighted by Gasteiger charge is 2.35. The van der Waals surface area contributed by atoms with E-state index in [0.717, 1.165) is 16.8 Å². The zero-order valence-electron chi connectivity index (χ0n) is 15.7. The van der Waals surface area contributed by atoms with Crippen LogP contribution in [0.25, 0.3) is 0 Å². The third-order valence-electron chi connectivity index (χ3n) is 4.88. The Kier molecular flexibility index (Phi) is 6.20. The summed E-state index contributed by atoms with van der Waals surface area (Å²) in [6, 6.07) is 15.2. The van der Waals surface area contributed by atoms with Crippen molar-refractivity contribution >= 4 is 34.8 Å². The van der Waals surface area contributed by atoms with Gasteiger partial charge in [-0.15, -0.1) is 0 Å². The van der Waals surface area contributed by atoms with E-state index in [-0.39, 0.29) is 24.5 Å². The first-order valence-electron chi connectivity index (χ1n) is 8.97. The van der Waals surface area contributed by atoms with Crippen LogP contribution in [-0.2, 0) is 4.79 Å². The van der Waals surface area contributed by atoms with E-state index in [9.17, 15) is 4.79 Å². The number of carbonyl (C=O) groups is 1. The van der Waals surface area contributed by atoms with E-state index in [2.05, 4.69) is 18.9 Å². The van der Waals surface area contributed by atoms with Crippen molar-refractivity contribution < 1.29 is 4.79 Å². The maximum atomic E-state index is 13.0. The SMILES string of the molecule is CC(C)N(C)CC(=O)N1N=C(c2ccccc2Cl)C[C@H]1c1ccccc1Cl. The molecule has 1 aliphatic heterocycles. The number of hydrogen-bond acceptors (Lipinski definition) is 3. The lowest BCUT2D eigenvalue weighted by molar-refractivity contribution is -0.134. The summed E-state index contributed by atoms with van der Waals surface area (Å²) in [5.41, 5.74) is 2.54. The molecule has 1 amide bonds. The molecule has 3 rings (SSSR count). The van der Waals surface area contributed by atoms with Crippen molar-refractivity contribution in [2.45, 2.75) is 32.4 Å². The molecule has 1 atom stereocenters. The van der Waals surface area contributed by atoms with E-state index in [1.165, 1.54) is 0 Å². The molecule has 2 aromatic carbocycles. The fourth-order valence-electron chi connectivity index (χ4n) is 3.05. The van der Waals surface area contributed by atoms with Gasteiger partial charge >= 0.3 is 0 Å². The highest BCUT2D eigenvalue weighted by atomic mass is 35.5. The third kappa shape index (κ3) is 4.34. The van der Waals surface area contributed by atoms with Gasteiger partial charge in [0.2, 0.25) is 0 Å². The standard InChI is InChI=1S/C21H23Cl2N3O/c1-14(2)25(3)13-21(27)26-20(16-9-5-7-11-18(16)23)12-19(24-26)15-8-4-6-10-17(15)22/h4-11,14,20H,12-13H2,1-3H3/t20-/m0/s1. The molecule has 0 bridgehead atoms. The summed E-state index contributed by atoms with van der Waals surface area (Å²) in [7, 11) is 1.93. The van der Waals surface area contributed by atoms with Gasteiger partial charge < -0.3 is 0 Å². The molecule has 142 valence electrons. The van der Waals surface area contributed by atoms with Crippen LogP contribution in [0.3, 0.4) is 0 Å². The summed E-state index contributed by atoms with van der Waals surface area (Å²) in [6.45, 7) is 4.40. The van der Waals surface area contributed by atoms with E-state index in [4.69, 9.17) is 23.2 Å². The number of benzene rings is 2. The van der Waals surface area contributed by atoms with Gasteiger partial charge in [-0.1, -0.05) is 59.6 Å². The zero-order valence-corrected chi connectivity index (χ0v) is 17.2. The average molecular weight is 404 g/mol. The third-order valence-corrected chi connectivity index (χ3v) is 5.55. The van der Waals surface area contributed by atoms with Crippen LogP contribution in [-0.4, -0.2) is 41.2 Å². The minimum absolute atomic E-state index is 0.0572. The van der Waals surface area contributed by atoms with E-state index >= 15 is 0 Å².